The van der Waals surface area contributed by atoms with Crippen molar-refractivity contribution in [1.29, 1.82) is 0 Å². The average molecular weight is 287 g/mol. The van der Waals surface area contributed by atoms with Crippen LogP contribution in [0.5, 0.6) is 0 Å². The molecule has 0 radical (unpaired) electrons. The summed E-state index contributed by atoms with van der Waals surface area (Å²) in [4.78, 5) is 23.4. The van der Waals surface area contributed by atoms with Crippen LogP contribution in [-0.4, -0.2) is 22.1 Å². The number of rotatable bonds is 3. The van der Waals surface area contributed by atoms with E-state index >= 15 is 0 Å². The summed E-state index contributed by atoms with van der Waals surface area (Å²) >= 11 is 1.66. The molecule has 1 aromatic carbocycles. The molecular formula is C15H17N3OS. The third kappa shape index (κ3) is 3.17. The molecule has 2 aromatic rings. The van der Waals surface area contributed by atoms with Gasteiger partial charge in [-0.3, -0.25) is 4.79 Å². The van der Waals surface area contributed by atoms with Gasteiger partial charge in [0.15, 0.2) is 0 Å². The minimum atomic E-state index is -0.105. The van der Waals surface area contributed by atoms with Crippen molar-refractivity contribution in [1.82, 2.24) is 9.97 Å². The first-order valence-corrected chi connectivity index (χ1v) is 7.51. The van der Waals surface area contributed by atoms with Crippen molar-refractivity contribution in [3.8, 4) is 0 Å². The Morgan fingerprint density at radius 3 is 2.10 bits per heavy atom. The highest BCUT2D eigenvalue weighted by Gasteiger charge is 2.17. The monoisotopic (exact) mass is 287 g/mol. The lowest BCUT2D eigenvalue weighted by Gasteiger charge is -2.20. The summed E-state index contributed by atoms with van der Waals surface area (Å²) < 4.78 is 0. The van der Waals surface area contributed by atoms with Crippen molar-refractivity contribution in [3.63, 3.8) is 0 Å². The number of benzene rings is 1. The Balaban J connectivity index is 2.47. The Morgan fingerprint density at radius 2 is 1.65 bits per heavy atom. The van der Waals surface area contributed by atoms with Crippen LogP contribution in [0.3, 0.4) is 0 Å². The van der Waals surface area contributed by atoms with Gasteiger partial charge in [-0.2, -0.15) is 0 Å². The summed E-state index contributed by atoms with van der Waals surface area (Å²) in [5.41, 5.74) is 2.47. The predicted molar refractivity (Wildman–Crippen MR) is 82.5 cm³/mol. The zero-order chi connectivity index (χ0) is 14.7. The van der Waals surface area contributed by atoms with Gasteiger partial charge in [0, 0.05) is 23.2 Å². The van der Waals surface area contributed by atoms with Crippen molar-refractivity contribution >= 4 is 29.3 Å². The predicted octanol–water partition coefficient (Wildman–Crippen LogP) is 3.50. The summed E-state index contributed by atoms with van der Waals surface area (Å²) in [6.45, 7) is 5.31. The summed E-state index contributed by atoms with van der Waals surface area (Å²) in [6.07, 6.45) is 2.02. The highest BCUT2D eigenvalue weighted by atomic mass is 32.2. The van der Waals surface area contributed by atoms with Crippen LogP contribution < -0.4 is 4.90 Å². The van der Waals surface area contributed by atoms with Gasteiger partial charge in [-0.1, -0.05) is 0 Å². The molecule has 5 heteroatoms. The minimum absolute atomic E-state index is 0.105. The SMILES string of the molecule is CSc1ccc(N(C(C)=O)c2nc(C)cc(C)n2)cc1. The van der Waals surface area contributed by atoms with Crippen molar-refractivity contribution in [2.45, 2.75) is 25.7 Å². The van der Waals surface area contributed by atoms with E-state index in [0.29, 0.717) is 5.95 Å². The largest absolute Gasteiger partial charge is 0.274 e. The standard InChI is InChI=1S/C15H17N3OS/c1-10-9-11(2)17-15(16-10)18(12(3)19)13-5-7-14(20-4)8-6-13/h5-9H,1-4H3. The van der Waals surface area contributed by atoms with Gasteiger partial charge in [0.05, 0.1) is 5.69 Å². The molecule has 0 spiro atoms. The number of carbonyl (C=O) groups is 1. The Morgan fingerprint density at radius 1 is 1.10 bits per heavy atom. The number of carbonyl (C=O) groups excluding carboxylic acids is 1. The van der Waals surface area contributed by atoms with Crippen LogP contribution in [0.4, 0.5) is 11.6 Å². The lowest BCUT2D eigenvalue weighted by atomic mass is 10.3. The van der Waals surface area contributed by atoms with E-state index in [1.54, 1.807) is 11.8 Å². The van der Waals surface area contributed by atoms with Crippen LogP contribution >= 0.6 is 11.8 Å². The second-order valence-corrected chi connectivity index (χ2v) is 5.38. The van der Waals surface area contributed by atoms with Gasteiger partial charge in [0.25, 0.3) is 0 Å². The molecule has 0 bridgehead atoms. The number of amides is 1. The summed E-state index contributed by atoms with van der Waals surface area (Å²) in [7, 11) is 0. The van der Waals surface area contributed by atoms with Crippen LogP contribution in [-0.2, 0) is 4.79 Å². The molecule has 0 aliphatic carbocycles. The van der Waals surface area contributed by atoms with Crippen LogP contribution in [0.25, 0.3) is 0 Å². The van der Waals surface area contributed by atoms with Crippen LogP contribution in [0.15, 0.2) is 35.2 Å². The van der Waals surface area contributed by atoms with E-state index < -0.39 is 0 Å². The maximum absolute atomic E-state index is 12.0. The molecule has 0 unspecified atom stereocenters. The van der Waals surface area contributed by atoms with Gasteiger partial charge in [-0.15, -0.1) is 11.8 Å². The molecule has 0 atom stereocenters. The van der Waals surface area contributed by atoms with Crippen molar-refractivity contribution < 1.29 is 4.79 Å². The van der Waals surface area contributed by atoms with E-state index in [4.69, 9.17) is 0 Å². The van der Waals surface area contributed by atoms with Gasteiger partial charge in [0.2, 0.25) is 11.9 Å². The highest BCUT2D eigenvalue weighted by molar-refractivity contribution is 7.98. The summed E-state index contributed by atoms with van der Waals surface area (Å²) in [5.74, 6) is 0.318. The number of aromatic nitrogens is 2. The zero-order valence-corrected chi connectivity index (χ0v) is 12.9. The summed E-state index contributed by atoms with van der Waals surface area (Å²) in [5, 5.41) is 0. The van der Waals surface area contributed by atoms with E-state index in [1.807, 2.05) is 50.4 Å². The van der Waals surface area contributed by atoms with Crippen molar-refractivity contribution in [3.05, 3.63) is 41.7 Å². The van der Waals surface area contributed by atoms with Gasteiger partial charge in [-0.25, -0.2) is 14.9 Å². The topological polar surface area (TPSA) is 46.1 Å². The van der Waals surface area contributed by atoms with Crippen LogP contribution in [0, 0.1) is 13.8 Å². The van der Waals surface area contributed by atoms with E-state index in [1.165, 1.54) is 11.8 Å². The fourth-order valence-electron chi connectivity index (χ4n) is 1.98. The van der Waals surface area contributed by atoms with E-state index in [9.17, 15) is 4.79 Å². The average Bonchev–Trinajstić information content (AvgIpc) is 2.38. The van der Waals surface area contributed by atoms with Gasteiger partial charge >= 0.3 is 0 Å². The maximum atomic E-state index is 12.0. The van der Waals surface area contributed by atoms with E-state index in [-0.39, 0.29) is 5.91 Å². The molecule has 0 saturated heterocycles. The van der Waals surface area contributed by atoms with Crippen molar-refractivity contribution in [2.24, 2.45) is 0 Å². The third-order valence-corrected chi connectivity index (χ3v) is 3.56. The number of anilines is 2. The van der Waals surface area contributed by atoms with Gasteiger partial charge in [-0.05, 0) is 50.4 Å². The third-order valence-electron chi connectivity index (χ3n) is 2.82. The molecule has 1 amide bonds. The van der Waals surface area contributed by atoms with E-state index in [0.717, 1.165) is 22.0 Å². The fourth-order valence-corrected chi connectivity index (χ4v) is 2.38. The number of hydrogen-bond acceptors (Lipinski definition) is 4. The molecule has 0 fully saturated rings. The van der Waals surface area contributed by atoms with Gasteiger partial charge in [0.1, 0.15) is 0 Å². The second kappa shape index (κ2) is 6.05. The molecule has 0 aliphatic heterocycles. The Bertz CT molecular complexity index is 605. The lowest BCUT2D eigenvalue weighted by molar-refractivity contribution is -0.115. The Labute approximate surface area is 123 Å². The number of nitrogens with zero attached hydrogens (tertiary/aromatic N) is 3. The summed E-state index contributed by atoms with van der Waals surface area (Å²) in [6, 6.07) is 9.68. The normalized spacial score (nSPS) is 10.4. The molecule has 20 heavy (non-hydrogen) atoms. The van der Waals surface area contributed by atoms with Crippen LogP contribution in [0.1, 0.15) is 18.3 Å². The molecular weight excluding hydrogens is 270 g/mol. The minimum Gasteiger partial charge on any atom is -0.274 e. The molecule has 0 saturated carbocycles. The zero-order valence-electron chi connectivity index (χ0n) is 12.0. The molecule has 0 aliphatic rings. The van der Waals surface area contributed by atoms with Crippen LogP contribution in [0.2, 0.25) is 0 Å². The quantitative estimate of drug-likeness (QED) is 0.811. The maximum Gasteiger partial charge on any atom is 0.237 e. The molecule has 1 heterocycles. The molecule has 4 nitrogen and oxygen atoms in total. The first-order valence-electron chi connectivity index (χ1n) is 6.28. The molecule has 0 N–H and O–H groups in total. The Kier molecular flexibility index (Phi) is 4.39. The first-order chi connectivity index (χ1) is 9.51. The fraction of sp³-hybridized carbons (Fsp3) is 0.267. The first kappa shape index (κ1) is 14.5. The van der Waals surface area contributed by atoms with Crippen molar-refractivity contribution in [2.75, 3.05) is 11.2 Å². The number of hydrogen-bond donors (Lipinski definition) is 0. The smallest absolute Gasteiger partial charge is 0.237 e. The molecule has 104 valence electrons. The molecule has 2 rings (SSSR count). The lowest BCUT2D eigenvalue weighted by Crippen LogP contribution is -2.25. The number of thioether (sulfide) groups is 1. The second-order valence-electron chi connectivity index (χ2n) is 4.50. The van der Waals surface area contributed by atoms with E-state index in [2.05, 4.69) is 9.97 Å². The van der Waals surface area contributed by atoms with Gasteiger partial charge < -0.3 is 0 Å². The molecule has 1 aromatic heterocycles. The Hall–Kier alpha value is -1.88. The highest BCUT2D eigenvalue weighted by Crippen LogP contribution is 2.25. The number of aryl methyl sites for hydroxylation is 2.